The molecule has 0 aliphatic rings. The number of amides is 2. The van der Waals surface area contributed by atoms with Gasteiger partial charge >= 0.3 is 0 Å². The largest absolute Gasteiger partial charge is 0.497 e. The Kier molecular flexibility index (Phi) is 9.26. The van der Waals surface area contributed by atoms with Gasteiger partial charge in [-0.15, -0.1) is 0 Å². The number of hydrogen-bond acceptors (Lipinski definition) is 5. The van der Waals surface area contributed by atoms with Crippen LogP contribution >= 0.6 is 0 Å². The molecule has 0 fully saturated rings. The van der Waals surface area contributed by atoms with Gasteiger partial charge in [-0.05, 0) is 68.0 Å². The summed E-state index contributed by atoms with van der Waals surface area (Å²) in [6.45, 7) is 2.47. The summed E-state index contributed by atoms with van der Waals surface area (Å²) >= 11 is 0. The number of benzene rings is 3. The van der Waals surface area contributed by atoms with Crippen molar-refractivity contribution in [2.45, 2.75) is 19.4 Å². The van der Waals surface area contributed by atoms with Crippen LogP contribution in [0.15, 0.2) is 72.8 Å². The van der Waals surface area contributed by atoms with Crippen LogP contribution in [-0.4, -0.2) is 51.1 Å². The van der Waals surface area contributed by atoms with Gasteiger partial charge in [0.25, 0.3) is 11.8 Å². The highest BCUT2D eigenvalue weighted by atomic mass is 16.5. The second-order valence-electron chi connectivity index (χ2n) is 8.38. The van der Waals surface area contributed by atoms with E-state index in [4.69, 9.17) is 9.47 Å². The van der Waals surface area contributed by atoms with Crippen molar-refractivity contribution < 1.29 is 19.1 Å². The molecule has 35 heavy (non-hydrogen) atoms. The molecule has 184 valence electrons. The average Bonchev–Trinajstić information content (AvgIpc) is 2.88. The van der Waals surface area contributed by atoms with Crippen LogP contribution in [0.3, 0.4) is 0 Å². The Hall–Kier alpha value is -3.84. The molecule has 3 aromatic carbocycles. The van der Waals surface area contributed by atoms with Crippen LogP contribution in [0, 0.1) is 0 Å². The second kappa shape index (κ2) is 12.6. The lowest BCUT2D eigenvalue weighted by atomic mass is 10.0. The fourth-order valence-corrected chi connectivity index (χ4v) is 3.61. The van der Waals surface area contributed by atoms with Gasteiger partial charge in [0.1, 0.15) is 11.5 Å². The van der Waals surface area contributed by atoms with Gasteiger partial charge in [-0.1, -0.05) is 37.3 Å². The van der Waals surface area contributed by atoms with Gasteiger partial charge in [0.05, 0.1) is 13.2 Å². The molecule has 0 aliphatic carbocycles. The van der Waals surface area contributed by atoms with E-state index in [1.807, 2.05) is 14.1 Å². The third-order valence-corrected chi connectivity index (χ3v) is 5.69. The molecule has 1 atom stereocenters. The van der Waals surface area contributed by atoms with Gasteiger partial charge in [-0.3, -0.25) is 9.59 Å². The maximum absolute atomic E-state index is 12.7. The van der Waals surface area contributed by atoms with Crippen LogP contribution in [0.25, 0.3) is 0 Å². The lowest BCUT2D eigenvalue weighted by molar-refractivity contribution is -0.118. The van der Waals surface area contributed by atoms with Crippen LogP contribution < -0.4 is 20.1 Å². The summed E-state index contributed by atoms with van der Waals surface area (Å²) < 4.78 is 10.7. The van der Waals surface area contributed by atoms with E-state index in [-0.39, 0.29) is 24.5 Å². The minimum absolute atomic E-state index is 0.0653. The summed E-state index contributed by atoms with van der Waals surface area (Å²) in [7, 11) is 5.57. The molecule has 0 aliphatic heterocycles. The number of likely N-dealkylation sites (N-methyl/N-ethyl adjacent to an activating group) is 1. The Morgan fingerprint density at radius 3 is 2.29 bits per heavy atom. The maximum Gasteiger partial charge on any atom is 0.262 e. The standard InChI is InChI=1S/C28H33N3O4/c1-5-20-9-11-21(12-10-20)26(31(2)3)18-29-28(33)22-13-15-24(16-14-22)35-19-27(32)30-23-7-6-8-25(17-23)34-4/h6-17,26H,5,18-19H2,1-4H3,(H,29,33)(H,30,32). The number of nitrogens with one attached hydrogen (secondary N) is 2. The first kappa shape index (κ1) is 25.8. The molecule has 0 aromatic heterocycles. The number of aryl methyl sites for hydroxylation is 1. The fraction of sp³-hybridized carbons (Fsp3) is 0.286. The predicted octanol–water partition coefficient (Wildman–Crippen LogP) is 4.31. The Balaban J connectivity index is 1.50. The molecule has 7 nitrogen and oxygen atoms in total. The monoisotopic (exact) mass is 475 g/mol. The Labute approximate surface area is 207 Å². The number of hydrogen-bond donors (Lipinski definition) is 2. The van der Waals surface area contributed by atoms with Crippen molar-refractivity contribution in [2.24, 2.45) is 0 Å². The van der Waals surface area contributed by atoms with E-state index in [1.54, 1.807) is 55.6 Å². The normalized spacial score (nSPS) is 11.6. The van der Waals surface area contributed by atoms with Gasteiger partial charge < -0.3 is 25.0 Å². The minimum Gasteiger partial charge on any atom is -0.497 e. The quantitative estimate of drug-likeness (QED) is 0.432. The summed E-state index contributed by atoms with van der Waals surface area (Å²) in [6.07, 6.45) is 0.996. The van der Waals surface area contributed by atoms with Crippen LogP contribution in [0.4, 0.5) is 5.69 Å². The molecule has 0 saturated heterocycles. The first-order valence-corrected chi connectivity index (χ1v) is 11.6. The third-order valence-electron chi connectivity index (χ3n) is 5.69. The summed E-state index contributed by atoms with van der Waals surface area (Å²) in [6, 6.07) is 22.4. The molecule has 7 heteroatoms. The molecular weight excluding hydrogens is 442 g/mol. The molecule has 0 spiro atoms. The molecule has 0 saturated carbocycles. The van der Waals surface area contributed by atoms with E-state index in [9.17, 15) is 9.59 Å². The molecule has 3 rings (SSSR count). The number of carbonyl (C=O) groups is 2. The molecule has 0 heterocycles. The van der Waals surface area contributed by atoms with E-state index in [2.05, 4.69) is 46.7 Å². The SMILES string of the molecule is CCc1ccc(C(CNC(=O)c2ccc(OCC(=O)Nc3cccc(OC)c3)cc2)N(C)C)cc1. The van der Waals surface area contributed by atoms with Gasteiger partial charge in [0.2, 0.25) is 0 Å². The lowest BCUT2D eigenvalue weighted by Gasteiger charge is -2.25. The molecule has 2 amide bonds. The minimum atomic E-state index is -0.290. The predicted molar refractivity (Wildman–Crippen MR) is 138 cm³/mol. The first-order valence-electron chi connectivity index (χ1n) is 11.6. The number of anilines is 1. The Morgan fingerprint density at radius 2 is 1.66 bits per heavy atom. The van der Waals surface area contributed by atoms with Gasteiger partial charge in [0, 0.05) is 23.9 Å². The smallest absolute Gasteiger partial charge is 0.262 e. The van der Waals surface area contributed by atoms with E-state index < -0.39 is 0 Å². The van der Waals surface area contributed by atoms with Crippen LogP contribution in [0.2, 0.25) is 0 Å². The number of carbonyl (C=O) groups excluding carboxylic acids is 2. The molecule has 2 N–H and O–H groups in total. The van der Waals surface area contributed by atoms with E-state index in [1.165, 1.54) is 5.56 Å². The van der Waals surface area contributed by atoms with Crippen molar-refractivity contribution in [2.75, 3.05) is 39.7 Å². The van der Waals surface area contributed by atoms with Crippen LogP contribution in [-0.2, 0) is 11.2 Å². The Morgan fingerprint density at radius 1 is 0.943 bits per heavy atom. The first-order chi connectivity index (χ1) is 16.9. The second-order valence-corrected chi connectivity index (χ2v) is 8.38. The number of rotatable bonds is 11. The zero-order valence-electron chi connectivity index (χ0n) is 20.7. The van der Waals surface area contributed by atoms with Crippen molar-refractivity contribution >= 4 is 17.5 Å². The van der Waals surface area contributed by atoms with Gasteiger partial charge in [-0.25, -0.2) is 0 Å². The van der Waals surface area contributed by atoms with Crippen molar-refractivity contribution in [3.8, 4) is 11.5 Å². The number of nitrogens with zero attached hydrogens (tertiary/aromatic N) is 1. The highest BCUT2D eigenvalue weighted by Crippen LogP contribution is 2.19. The van der Waals surface area contributed by atoms with E-state index >= 15 is 0 Å². The highest BCUT2D eigenvalue weighted by Gasteiger charge is 2.16. The lowest BCUT2D eigenvalue weighted by Crippen LogP contribution is -2.34. The van der Waals surface area contributed by atoms with Crippen molar-refractivity contribution in [1.82, 2.24) is 10.2 Å². The molecule has 0 bridgehead atoms. The van der Waals surface area contributed by atoms with Crippen LogP contribution in [0.5, 0.6) is 11.5 Å². The van der Waals surface area contributed by atoms with E-state index in [0.717, 1.165) is 12.0 Å². The average molecular weight is 476 g/mol. The summed E-state index contributed by atoms with van der Waals surface area (Å²) in [5, 5.41) is 5.78. The maximum atomic E-state index is 12.7. The topological polar surface area (TPSA) is 79.9 Å². The van der Waals surface area contributed by atoms with E-state index in [0.29, 0.717) is 29.3 Å². The summed E-state index contributed by atoms with van der Waals surface area (Å²) in [5.74, 6) is 0.708. The Bertz CT molecular complexity index is 1110. The van der Waals surface area contributed by atoms with Crippen molar-refractivity contribution in [1.29, 1.82) is 0 Å². The number of methoxy groups -OCH3 is 1. The molecule has 0 radical (unpaired) electrons. The zero-order chi connectivity index (χ0) is 25.2. The molecule has 3 aromatic rings. The van der Waals surface area contributed by atoms with Gasteiger partial charge in [-0.2, -0.15) is 0 Å². The highest BCUT2D eigenvalue weighted by molar-refractivity contribution is 5.94. The molecule has 1 unspecified atom stereocenters. The summed E-state index contributed by atoms with van der Waals surface area (Å²) in [4.78, 5) is 27.0. The summed E-state index contributed by atoms with van der Waals surface area (Å²) in [5.41, 5.74) is 3.60. The van der Waals surface area contributed by atoms with Crippen LogP contribution in [0.1, 0.15) is 34.5 Å². The van der Waals surface area contributed by atoms with Crippen molar-refractivity contribution in [3.63, 3.8) is 0 Å². The molecular formula is C28H33N3O4. The zero-order valence-corrected chi connectivity index (χ0v) is 20.7. The van der Waals surface area contributed by atoms with Gasteiger partial charge in [0.15, 0.2) is 6.61 Å². The fourth-order valence-electron chi connectivity index (χ4n) is 3.61. The van der Waals surface area contributed by atoms with Crippen molar-refractivity contribution in [3.05, 3.63) is 89.5 Å². The third kappa shape index (κ3) is 7.58. The number of ether oxygens (including phenoxy) is 2.